The third kappa shape index (κ3) is 2.81. The Labute approximate surface area is 97.6 Å². The van der Waals surface area contributed by atoms with Gasteiger partial charge in [0.2, 0.25) is 0 Å². The topological polar surface area (TPSA) is 77.2 Å². The van der Waals surface area contributed by atoms with Crippen LogP contribution in [-0.2, 0) is 4.74 Å². The number of esters is 1. The zero-order chi connectivity index (χ0) is 12.1. The molecule has 0 saturated heterocycles. The van der Waals surface area contributed by atoms with Crippen LogP contribution in [0.4, 0.5) is 11.7 Å². The van der Waals surface area contributed by atoms with E-state index in [1.165, 1.54) is 0 Å². The molecule has 0 amide bonds. The summed E-state index contributed by atoms with van der Waals surface area (Å²) in [6.07, 6.45) is 0. The number of carbonyl (C=O) groups is 1. The molecule has 1 heterocycles. The Hall–Kier alpha value is -2.37. The van der Waals surface area contributed by atoms with Crippen molar-refractivity contribution in [3.05, 3.63) is 36.2 Å². The van der Waals surface area contributed by atoms with Crippen LogP contribution in [0.3, 0.4) is 0 Å². The molecule has 6 nitrogen and oxygen atoms in total. The number of rotatable bonds is 4. The minimum Gasteiger partial charge on any atom is -0.459 e. The van der Waals surface area contributed by atoms with E-state index in [-0.39, 0.29) is 18.5 Å². The first-order valence-electron chi connectivity index (χ1n) is 5.12. The van der Waals surface area contributed by atoms with Gasteiger partial charge in [0.1, 0.15) is 0 Å². The molecule has 2 rings (SSSR count). The molecule has 1 aromatic heterocycles. The lowest BCUT2D eigenvalue weighted by Crippen LogP contribution is -2.04. The lowest BCUT2D eigenvalue weighted by molar-refractivity contribution is 0.0481. The number of aromatic nitrogens is 2. The average molecular weight is 233 g/mol. The second kappa shape index (κ2) is 5.11. The monoisotopic (exact) mass is 233 g/mol. The molecule has 0 unspecified atom stereocenters. The van der Waals surface area contributed by atoms with E-state index in [2.05, 4.69) is 15.5 Å². The summed E-state index contributed by atoms with van der Waals surface area (Å²) in [6, 6.07) is 9.46. The Morgan fingerprint density at radius 3 is 2.82 bits per heavy atom. The minimum absolute atomic E-state index is 0.152. The number of nitrogens with zero attached hydrogens (tertiary/aromatic N) is 2. The van der Waals surface area contributed by atoms with E-state index in [1.54, 1.807) is 6.92 Å². The molecule has 0 aliphatic heterocycles. The molecule has 1 N–H and O–H groups in total. The number of para-hydroxylation sites is 1. The maximum atomic E-state index is 11.3. The highest BCUT2D eigenvalue weighted by Crippen LogP contribution is 2.14. The number of hydrogen-bond acceptors (Lipinski definition) is 6. The molecule has 0 fully saturated rings. The number of nitrogens with one attached hydrogen (secondary N) is 1. The van der Waals surface area contributed by atoms with Gasteiger partial charge < -0.3 is 14.5 Å². The number of carbonyl (C=O) groups excluding carboxylic acids is 1. The van der Waals surface area contributed by atoms with Gasteiger partial charge in [-0.25, -0.2) is 4.79 Å². The minimum atomic E-state index is -0.624. The van der Waals surface area contributed by atoms with E-state index >= 15 is 0 Å². The van der Waals surface area contributed by atoms with Gasteiger partial charge in [-0.15, -0.1) is 0 Å². The number of anilines is 2. The molecular formula is C11H11N3O3. The van der Waals surface area contributed by atoms with Crippen molar-refractivity contribution in [2.24, 2.45) is 0 Å². The third-order valence-corrected chi connectivity index (χ3v) is 1.90. The Morgan fingerprint density at radius 1 is 1.35 bits per heavy atom. The van der Waals surface area contributed by atoms with E-state index in [9.17, 15) is 4.79 Å². The molecule has 1 aromatic carbocycles. The van der Waals surface area contributed by atoms with Gasteiger partial charge >= 0.3 is 17.9 Å². The van der Waals surface area contributed by atoms with Gasteiger partial charge in [0.15, 0.2) is 0 Å². The molecule has 0 aliphatic rings. The van der Waals surface area contributed by atoms with Crippen molar-refractivity contribution in [1.82, 2.24) is 10.2 Å². The van der Waals surface area contributed by atoms with E-state index < -0.39 is 5.97 Å². The number of benzene rings is 1. The summed E-state index contributed by atoms with van der Waals surface area (Å²) in [5.74, 6) is -0.786. The molecule has 0 bridgehead atoms. The van der Waals surface area contributed by atoms with Gasteiger partial charge in [0, 0.05) is 5.69 Å². The van der Waals surface area contributed by atoms with E-state index in [0.29, 0.717) is 0 Å². The summed E-state index contributed by atoms with van der Waals surface area (Å²) >= 11 is 0. The smallest absolute Gasteiger partial charge is 0.396 e. The largest absolute Gasteiger partial charge is 0.459 e. The molecule has 0 spiro atoms. The lowest BCUT2D eigenvalue weighted by atomic mass is 10.3. The van der Waals surface area contributed by atoms with Gasteiger partial charge in [-0.3, -0.25) is 0 Å². The van der Waals surface area contributed by atoms with Crippen LogP contribution in [0.2, 0.25) is 0 Å². The Bertz CT molecular complexity index is 496. The first-order chi connectivity index (χ1) is 8.29. The van der Waals surface area contributed by atoms with Gasteiger partial charge in [-0.05, 0) is 19.1 Å². The van der Waals surface area contributed by atoms with Crippen molar-refractivity contribution in [3.63, 3.8) is 0 Å². The van der Waals surface area contributed by atoms with Crippen molar-refractivity contribution < 1.29 is 13.9 Å². The summed E-state index contributed by atoms with van der Waals surface area (Å²) in [7, 11) is 0. The van der Waals surface area contributed by atoms with Crippen molar-refractivity contribution in [2.45, 2.75) is 6.92 Å². The van der Waals surface area contributed by atoms with E-state index in [1.807, 2.05) is 30.3 Å². The predicted octanol–water partition coefficient (Wildman–Crippen LogP) is 1.99. The molecule has 17 heavy (non-hydrogen) atoms. The number of ether oxygens (including phenoxy) is 1. The zero-order valence-corrected chi connectivity index (χ0v) is 9.21. The van der Waals surface area contributed by atoms with Crippen LogP contribution in [0, 0.1) is 0 Å². The Kier molecular flexibility index (Phi) is 3.34. The average Bonchev–Trinajstić information content (AvgIpc) is 2.79. The van der Waals surface area contributed by atoms with Gasteiger partial charge in [0.05, 0.1) is 6.61 Å². The van der Waals surface area contributed by atoms with E-state index in [0.717, 1.165) is 5.69 Å². The summed E-state index contributed by atoms with van der Waals surface area (Å²) in [5, 5.41) is 10.1. The highest BCUT2D eigenvalue weighted by atomic mass is 16.5. The first-order valence-corrected chi connectivity index (χ1v) is 5.12. The first kappa shape index (κ1) is 11.1. The van der Waals surface area contributed by atoms with Crippen LogP contribution in [0.5, 0.6) is 0 Å². The molecule has 0 saturated carbocycles. The van der Waals surface area contributed by atoms with Crippen LogP contribution in [0.1, 0.15) is 17.6 Å². The molecule has 0 atom stereocenters. The molecule has 6 heteroatoms. The zero-order valence-electron chi connectivity index (χ0n) is 9.21. The Balaban J connectivity index is 2.06. The summed E-state index contributed by atoms with van der Waals surface area (Å²) < 4.78 is 9.82. The van der Waals surface area contributed by atoms with Crippen LogP contribution in [0.15, 0.2) is 34.7 Å². The van der Waals surface area contributed by atoms with Crippen molar-refractivity contribution in [3.8, 4) is 0 Å². The summed E-state index contributed by atoms with van der Waals surface area (Å²) in [4.78, 5) is 11.3. The Morgan fingerprint density at radius 2 is 2.12 bits per heavy atom. The van der Waals surface area contributed by atoms with Gasteiger partial charge in [-0.2, -0.15) is 0 Å². The normalized spacial score (nSPS) is 9.94. The lowest BCUT2D eigenvalue weighted by Gasteiger charge is -1.98. The van der Waals surface area contributed by atoms with Crippen LogP contribution in [-0.4, -0.2) is 22.8 Å². The maximum absolute atomic E-state index is 11.3. The molecular weight excluding hydrogens is 222 g/mol. The molecule has 88 valence electrons. The number of hydrogen-bond donors (Lipinski definition) is 1. The second-order valence-electron chi connectivity index (χ2n) is 3.12. The fraction of sp³-hybridized carbons (Fsp3) is 0.182. The van der Waals surface area contributed by atoms with Gasteiger partial charge in [0.25, 0.3) is 0 Å². The SMILES string of the molecule is CCOC(=O)c1nnc(Nc2ccccc2)o1. The fourth-order valence-corrected chi connectivity index (χ4v) is 1.19. The second-order valence-corrected chi connectivity index (χ2v) is 3.12. The molecule has 0 aliphatic carbocycles. The summed E-state index contributed by atoms with van der Waals surface area (Å²) in [6.45, 7) is 1.97. The van der Waals surface area contributed by atoms with Crippen molar-refractivity contribution in [1.29, 1.82) is 0 Å². The van der Waals surface area contributed by atoms with E-state index in [4.69, 9.17) is 9.15 Å². The van der Waals surface area contributed by atoms with Gasteiger partial charge in [-0.1, -0.05) is 28.4 Å². The highest BCUT2D eigenvalue weighted by Gasteiger charge is 2.15. The molecule has 2 aromatic rings. The van der Waals surface area contributed by atoms with Crippen LogP contribution in [0.25, 0.3) is 0 Å². The standard InChI is InChI=1S/C11H11N3O3/c1-2-16-10(15)9-13-14-11(17-9)12-8-6-4-3-5-7-8/h3-7H,2H2,1H3,(H,12,14). The van der Waals surface area contributed by atoms with Crippen LogP contribution < -0.4 is 5.32 Å². The van der Waals surface area contributed by atoms with Crippen LogP contribution >= 0.6 is 0 Å². The third-order valence-electron chi connectivity index (χ3n) is 1.90. The summed E-state index contributed by atoms with van der Waals surface area (Å²) in [5.41, 5.74) is 0.798. The quantitative estimate of drug-likeness (QED) is 0.814. The van der Waals surface area contributed by atoms with Crippen molar-refractivity contribution >= 4 is 17.7 Å². The maximum Gasteiger partial charge on any atom is 0.396 e. The fourth-order valence-electron chi connectivity index (χ4n) is 1.19. The highest BCUT2D eigenvalue weighted by molar-refractivity contribution is 5.84. The molecule has 0 radical (unpaired) electrons. The predicted molar refractivity (Wildman–Crippen MR) is 60.0 cm³/mol. The van der Waals surface area contributed by atoms with Crippen molar-refractivity contribution in [2.75, 3.05) is 11.9 Å².